The van der Waals surface area contributed by atoms with E-state index in [9.17, 15) is 23.1 Å². The molecule has 0 aromatic heterocycles. The van der Waals surface area contributed by atoms with Crippen LogP contribution in [0.15, 0.2) is 65.8 Å². The lowest BCUT2D eigenvalue weighted by Gasteiger charge is -2.09. The van der Waals surface area contributed by atoms with Crippen LogP contribution in [0.5, 0.6) is 5.75 Å². The second-order valence-electron chi connectivity index (χ2n) is 7.34. The van der Waals surface area contributed by atoms with Crippen LogP contribution in [-0.4, -0.2) is 44.2 Å². The lowest BCUT2D eigenvalue weighted by atomic mass is 10.1. The van der Waals surface area contributed by atoms with Crippen LogP contribution in [0, 0.1) is 0 Å². The van der Waals surface area contributed by atoms with Gasteiger partial charge in [-0.2, -0.15) is 0 Å². The molecular weight excluding hydrogens is 418 g/mol. The summed E-state index contributed by atoms with van der Waals surface area (Å²) >= 11 is 0. The molecule has 168 valence electrons. The first-order chi connectivity index (χ1) is 14.7. The standard InChI is InChI=1S/C23H29NO6S/c1-31(28,29)24-23(27)12-8-3-2-7-11-21-18(14-16-22(21)26)13-15-19(25)17-30-20-9-5-4-6-10-20/h2,4-7,9-10,13,15,19,25H,3,8,11-12,14,16-17H2,1H3,(H,24,27)/b7-2-,15-13+/t19-/m1/s1. The van der Waals surface area contributed by atoms with E-state index in [1.54, 1.807) is 12.2 Å². The molecule has 0 spiro atoms. The van der Waals surface area contributed by atoms with Crippen molar-refractivity contribution in [1.29, 1.82) is 0 Å². The van der Waals surface area contributed by atoms with E-state index in [0.29, 0.717) is 37.9 Å². The lowest BCUT2D eigenvalue weighted by Crippen LogP contribution is -2.28. The summed E-state index contributed by atoms with van der Waals surface area (Å²) in [6.07, 6.45) is 10.2. The quantitative estimate of drug-likeness (QED) is 0.377. The summed E-state index contributed by atoms with van der Waals surface area (Å²) < 4.78 is 29.4. The molecule has 0 heterocycles. The first-order valence-electron chi connectivity index (χ1n) is 10.2. The normalized spacial score (nSPS) is 15.7. The smallest absolute Gasteiger partial charge is 0.233 e. The van der Waals surface area contributed by atoms with E-state index in [-0.39, 0.29) is 18.8 Å². The lowest BCUT2D eigenvalue weighted by molar-refractivity contribution is -0.119. The maximum Gasteiger partial charge on any atom is 0.233 e. The Morgan fingerprint density at radius 2 is 1.97 bits per heavy atom. The molecule has 0 saturated carbocycles. The number of para-hydroxylation sites is 1. The number of amides is 1. The Hall–Kier alpha value is -2.71. The van der Waals surface area contributed by atoms with Gasteiger partial charge in [-0.25, -0.2) is 8.42 Å². The molecule has 2 rings (SSSR count). The minimum absolute atomic E-state index is 0.104. The van der Waals surface area contributed by atoms with Gasteiger partial charge in [0.2, 0.25) is 15.9 Å². The number of ether oxygens (including phenoxy) is 1. The van der Waals surface area contributed by atoms with Gasteiger partial charge in [0.05, 0.1) is 6.26 Å². The Bertz CT molecular complexity index is 948. The number of hydrogen-bond donors (Lipinski definition) is 2. The maximum atomic E-state index is 12.2. The molecule has 0 fully saturated rings. The summed E-state index contributed by atoms with van der Waals surface area (Å²) in [7, 11) is -3.52. The number of ketones is 1. The van der Waals surface area contributed by atoms with Crippen LogP contribution >= 0.6 is 0 Å². The molecule has 2 N–H and O–H groups in total. The van der Waals surface area contributed by atoms with Crippen molar-refractivity contribution in [3.8, 4) is 5.75 Å². The molecule has 8 heteroatoms. The maximum absolute atomic E-state index is 12.2. The SMILES string of the molecule is CS(=O)(=O)NC(=O)CCC/C=C\CC1=C(/C=C/[C@@H](O)COc2ccccc2)CCC1=O. The molecule has 1 aromatic carbocycles. The van der Waals surface area contributed by atoms with Crippen molar-refractivity contribution < 1.29 is 27.9 Å². The molecule has 1 amide bonds. The van der Waals surface area contributed by atoms with E-state index < -0.39 is 22.0 Å². The van der Waals surface area contributed by atoms with Gasteiger partial charge in [-0.1, -0.05) is 42.5 Å². The summed E-state index contributed by atoms with van der Waals surface area (Å²) in [6, 6.07) is 9.24. The number of aliphatic hydroxyl groups excluding tert-OH is 1. The number of aliphatic hydroxyl groups is 1. The molecule has 0 unspecified atom stereocenters. The Morgan fingerprint density at radius 3 is 2.68 bits per heavy atom. The van der Waals surface area contributed by atoms with E-state index in [4.69, 9.17) is 4.74 Å². The third-order valence-corrected chi connectivity index (χ3v) is 5.19. The second kappa shape index (κ2) is 12.2. The van der Waals surface area contributed by atoms with Gasteiger partial charge in [-0.05, 0) is 43.4 Å². The average molecular weight is 448 g/mol. The molecule has 1 atom stereocenters. The van der Waals surface area contributed by atoms with E-state index >= 15 is 0 Å². The van der Waals surface area contributed by atoms with Crippen LogP contribution < -0.4 is 9.46 Å². The highest BCUT2D eigenvalue weighted by Gasteiger charge is 2.20. The van der Waals surface area contributed by atoms with Gasteiger partial charge in [0.25, 0.3) is 0 Å². The zero-order chi connectivity index (χ0) is 22.7. The highest BCUT2D eigenvalue weighted by molar-refractivity contribution is 7.89. The fraction of sp³-hybridized carbons (Fsp3) is 0.391. The Labute approximate surface area is 183 Å². The number of carbonyl (C=O) groups excluding carboxylic acids is 2. The van der Waals surface area contributed by atoms with Crippen LogP contribution in [0.4, 0.5) is 0 Å². The van der Waals surface area contributed by atoms with Gasteiger partial charge in [-0.3, -0.25) is 14.3 Å². The van der Waals surface area contributed by atoms with E-state index in [2.05, 4.69) is 0 Å². The number of nitrogens with one attached hydrogen (secondary N) is 1. The van der Waals surface area contributed by atoms with Gasteiger partial charge in [0, 0.05) is 18.4 Å². The Balaban J connectivity index is 1.78. The minimum atomic E-state index is -3.52. The third kappa shape index (κ3) is 9.76. The second-order valence-corrected chi connectivity index (χ2v) is 9.09. The molecule has 0 radical (unpaired) electrons. The van der Waals surface area contributed by atoms with Crippen LogP contribution in [-0.2, 0) is 19.6 Å². The first-order valence-corrected chi connectivity index (χ1v) is 12.1. The number of benzene rings is 1. The van der Waals surface area contributed by atoms with Crippen molar-refractivity contribution in [2.75, 3.05) is 12.9 Å². The largest absolute Gasteiger partial charge is 0.491 e. The average Bonchev–Trinajstić information content (AvgIpc) is 3.06. The highest BCUT2D eigenvalue weighted by Crippen LogP contribution is 2.27. The highest BCUT2D eigenvalue weighted by atomic mass is 32.2. The van der Waals surface area contributed by atoms with Gasteiger partial charge < -0.3 is 9.84 Å². The van der Waals surface area contributed by atoms with E-state index in [0.717, 1.165) is 17.4 Å². The van der Waals surface area contributed by atoms with Crippen LogP contribution in [0.2, 0.25) is 0 Å². The fourth-order valence-electron chi connectivity index (χ4n) is 3.10. The fourth-order valence-corrected chi connectivity index (χ4v) is 3.61. The monoisotopic (exact) mass is 447 g/mol. The number of Topliss-reactive ketones (excluding diaryl/α,β-unsaturated/α-hetero) is 1. The predicted octanol–water partition coefficient (Wildman–Crippen LogP) is 2.83. The molecule has 0 bridgehead atoms. The van der Waals surface area contributed by atoms with Crippen molar-refractivity contribution in [2.45, 2.75) is 44.6 Å². The van der Waals surface area contributed by atoms with Gasteiger partial charge in [0.1, 0.15) is 18.5 Å². The number of sulfonamides is 1. The Kier molecular flexibility index (Phi) is 9.68. The topological polar surface area (TPSA) is 110 Å². The predicted molar refractivity (Wildman–Crippen MR) is 119 cm³/mol. The third-order valence-electron chi connectivity index (χ3n) is 4.59. The van der Waals surface area contributed by atoms with Crippen LogP contribution in [0.1, 0.15) is 38.5 Å². The summed E-state index contributed by atoms with van der Waals surface area (Å²) in [5, 5.41) is 10.1. The number of allylic oxidation sites excluding steroid dienone is 5. The van der Waals surface area contributed by atoms with E-state index in [1.807, 2.05) is 47.2 Å². The zero-order valence-electron chi connectivity index (χ0n) is 17.6. The van der Waals surface area contributed by atoms with Crippen LogP contribution in [0.3, 0.4) is 0 Å². The number of hydrogen-bond acceptors (Lipinski definition) is 6. The van der Waals surface area contributed by atoms with Gasteiger partial charge >= 0.3 is 0 Å². The molecule has 7 nitrogen and oxygen atoms in total. The summed E-state index contributed by atoms with van der Waals surface area (Å²) in [5.74, 6) is 0.267. The summed E-state index contributed by atoms with van der Waals surface area (Å²) in [5.41, 5.74) is 1.65. The molecule has 0 saturated heterocycles. The van der Waals surface area contributed by atoms with E-state index in [1.165, 1.54) is 0 Å². The van der Waals surface area contributed by atoms with Crippen molar-refractivity contribution >= 4 is 21.7 Å². The summed E-state index contributed by atoms with van der Waals surface area (Å²) in [6.45, 7) is 0.129. The minimum Gasteiger partial charge on any atom is -0.491 e. The van der Waals surface area contributed by atoms with Crippen molar-refractivity contribution in [3.63, 3.8) is 0 Å². The summed E-state index contributed by atoms with van der Waals surface area (Å²) in [4.78, 5) is 23.6. The number of unbranched alkanes of at least 4 members (excludes halogenated alkanes) is 1. The van der Waals surface area contributed by atoms with Crippen molar-refractivity contribution in [2.24, 2.45) is 0 Å². The van der Waals surface area contributed by atoms with Gasteiger partial charge in [0.15, 0.2) is 5.78 Å². The molecule has 1 aromatic rings. The van der Waals surface area contributed by atoms with Gasteiger partial charge in [-0.15, -0.1) is 0 Å². The molecule has 0 aliphatic heterocycles. The molecular formula is C23H29NO6S. The van der Waals surface area contributed by atoms with Crippen LogP contribution in [0.25, 0.3) is 0 Å². The number of rotatable bonds is 12. The van der Waals surface area contributed by atoms with Crippen molar-refractivity contribution in [1.82, 2.24) is 4.72 Å². The first kappa shape index (κ1) is 24.6. The molecule has 31 heavy (non-hydrogen) atoms. The molecule has 1 aliphatic carbocycles. The number of carbonyl (C=O) groups is 2. The molecule has 1 aliphatic rings. The Morgan fingerprint density at radius 1 is 1.23 bits per heavy atom. The zero-order valence-corrected chi connectivity index (χ0v) is 18.4. The van der Waals surface area contributed by atoms with Crippen molar-refractivity contribution in [3.05, 3.63) is 65.8 Å².